The lowest BCUT2D eigenvalue weighted by molar-refractivity contribution is 1.18. The minimum atomic E-state index is 0.358. The van der Waals surface area contributed by atoms with Crippen LogP contribution in [0, 0.1) is 22.7 Å². The topological polar surface area (TPSA) is 99.5 Å². The molecule has 0 saturated heterocycles. The predicted octanol–water partition coefficient (Wildman–Crippen LogP) is 17.5. The molecule has 18 rings (SSSR count). The van der Waals surface area contributed by atoms with Gasteiger partial charge in [-0.3, -0.25) is 14.4 Å². The van der Waals surface area contributed by atoms with Gasteiger partial charge in [0.15, 0.2) is 5.65 Å². The average Bonchev–Trinajstić information content (AvgIpc) is 4.45. The van der Waals surface area contributed by atoms with Crippen LogP contribution in [0.3, 0.4) is 0 Å². The van der Waals surface area contributed by atoms with Gasteiger partial charge < -0.3 is 8.80 Å². The highest BCUT2D eigenvalue weighted by Crippen LogP contribution is 2.45. The molecule has 18 aromatic rings. The highest BCUT2D eigenvalue weighted by molar-refractivity contribution is 6.30. The van der Waals surface area contributed by atoms with E-state index in [9.17, 15) is 10.5 Å². The van der Waals surface area contributed by atoms with Crippen molar-refractivity contribution in [1.29, 1.82) is 10.5 Å². The second-order valence-corrected chi connectivity index (χ2v) is 21.0. The third-order valence-corrected chi connectivity index (χ3v) is 17.1. The van der Waals surface area contributed by atoms with Crippen LogP contribution in [0.2, 0.25) is 0 Å². The Morgan fingerprint density at radius 2 is 0.949 bits per heavy atom. The zero-order valence-electron chi connectivity index (χ0n) is 41.9. The molecule has 0 N–H and O–H groups in total. The zero-order chi connectivity index (χ0) is 51.8. The van der Waals surface area contributed by atoms with Gasteiger partial charge in [-0.15, -0.1) is 0 Å². The maximum Gasteiger partial charge on any atom is 0.164 e. The van der Waals surface area contributed by atoms with Crippen LogP contribution in [-0.4, -0.2) is 28.2 Å². The molecule has 8 heterocycles. The van der Waals surface area contributed by atoms with E-state index in [2.05, 4.69) is 214 Å². The molecule has 0 amide bonds. The number of benzene rings is 10. The normalized spacial score (nSPS) is 12.3. The summed E-state index contributed by atoms with van der Waals surface area (Å²) in [5.74, 6) is 0. The molecule has 0 bridgehead atoms. The Balaban J connectivity index is 0.854. The SMILES string of the molecule is N#Cc1cc2c3c4ccccc4ccc3c3c4cccc(-c5ccc6c(ccc7c6c6ncc(-c8ccc9cn%10c%11cccnc%11c%11c%12ccccc%12ccc%11c%10c9c8)nc6n6cc8ccccc8c76)c5)c4cn3c2cc1C#N. The minimum absolute atomic E-state index is 0.358. The average molecular weight is 1000 g/mol. The standard InChI is InChI=1S/C71H36N8/c72-33-46-31-58-62(32-47(46)34-73)78-38-59-48(15-7-16-53(59)69(78)54-25-20-39-9-1-4-12-49(39)63(54)58)41-22-24-51-42(29-41)23-27-56-65(51)67-71(79-37-44-11-3-6-14-52(44)68(56)79)76-60(35-75-67)43-18-19-45-36-77-61-17-8-28-74-66(61)64-50-13-5-2-10-40(50)21-26-55(64)70(77)57(45)30-43/h1-32,35-38H. The Kier molecular flexibility index (Phi) is 8.12. The first-order chi connectivity index (χ1) is 39.1. The second kappa shape index (κ2) is 15.2. The molecule has 0 aliphatic heterocycles. The number of rotatable bonds is 2. The number of fused-ring (bicyclic) bond motifs is 30. The fourth-order valence-electron chi connectivity index (χ4n) is 13.6. The van der Waals surface area contributed by atoms with E-state index in [1.807, 2.05) is 30.6 Å². The molecule has 8 nitrogen and oxygen atoms in total. The van der Waals surface area contributed by atoms with Gasteiger partial charge in [-0.1, -0.05) is 152 Å². The third kappa shape index (κ3) is 5.55. The molecule has 10 aromatic carbocycles. The van der Waals surface area contributed by atoms with Crippen LogP contribution in [-0.2, 0) is 0 Å². The molecule has 0 atom stereocenters. The van der Waals surface area contributed by atoms with Crippen molar-refractivity contribution in [2.75, 3.05) is 0 Å². The molecule has 0 fully saturated rings. The van der Waals surface area contributed by atoms with Crippen LogP contribution in [0.5, 0.6) is 0 Å². The molecule has 8 aromatic heterocycles. The van der Waals surface area contributed by atoms with Gasteiger partial charge in [0.05, 0.1) is 56.1 Å². The summed E-state index contributed by atoms with van der Waals surface area (Å²) in [6.45, 7) is 0. The summed E-state index contributed by atoms with van der Waals surface area (Å²) >= 11 is 0. The zero-order valence-corrected chi connectivity index (χ0v) is 41.9. The van der Waals surface area contributed by atoms with Gasteiger partial charge in [0.1, 0.15) is 17.7 Å². The van der Waals surface area contributed by atoms with Crippen LogP contribution < -0.4 is 0 Å². The van der Waals surface area contributed by atoms with Gasteiger partial charge in [-0.25, -0.2) is 4.98 Å². The van der Waals surface area contributed by atoms with Crippen LogP contribution >= 0.6 is 0 Å². The summed E-state index contributed by atoms with van der Waals surface area (Å²) in [4.78, 5) is 16.0. The van der Waals surface area contributed by atoms with E-state index in [0.29, 0.717) is 11.1 Å². The number of hydrogen-bond donors (Lipinski definition) is 0. The highest BCUT2D eigenvalue weighted by atomic mass is 15.0. The lowest BCUT2D eigenvalue weighted by atomic mass is 9.94. The van der Waals surface area contributed by atoms with E-state index >= 15 is 0 Å². The largest absolute Gasteiger partial charge is 0.315 e. The minimum Gasteiger partial charge on any atom is -0.315 e. The van der Waals surface area contributed by atoms with E-state index in [1.54, 1.807) is 0 Å². The van der Waals surface area contributed by atoms with Gasteiger partial charge in [-0.05, 0) is 79.8 Å². The molecule has 0 aliphatic carbocycles. The fraction of sp³-hybridized carbons (Fsp3) is 0. The number of pyridine rings is 4. The van der Waals surface area contributed by atoms with E-state index in [0.717, 1.165) is 158 Å². The molecule has 0 saturated carbocycles. The third-order valence-electron chi connectivity index (χ3n) is 17.1. The maximum atomic E-state index is 10.3. The molecule has 0 aliphatic rings. The van der Waals surface area contributed by atoms with E-state index < -0.39 is 0 Å². The van der Waals surface area contributed by atoms with Crippen molar-refractivity contribution in [2.45, 2.75) is 0 Å². The second-order valence-electron chi connectivity index (χ2n) is 21.0. The van der Waals surface area contributed by atoms with Crippen molar-refractivity contribution in [3.63, 3.8) is 0 Å². The van der Waals surface area contributed by atoms with Crippen LogP contribution in [0.15, 0.2) is 219 Å². The Morgan fingerprint density at radius 1 is 0.354 bits per heavy atom. The molecule has 0 spiro atoms. The molecule has 0 unspecified atom stereocenters. The van der Waals surface area contributed by atoms with Crippen LogP contribution in [0.25, 0.3) is 169 Å². The van der Waals surface area contributed by atoms with Crippen molar-refractivity contribution in [3.05, 3.63) is 230 Å². The summed E-state index contributed by atoms with van der Waals surface area (Å²) in [6.07, 6.45) is 10.5. The van der Waals surface area contributed by atoms with Crippen molar-refractivity contribution in [1.82, 2.24) is 28.2 Å². The van der Waals surface area contributed by atoms with Gasteiger partial charge in [-0.2, -0.15) is 10.5 Å². The van der Waals surface area contributed by atoms with E-state index in [1.165, 1.54) is 10.8 Å². The van der Waals surface area contributed by atoms with Crippen molar-refractivity contribution in [3.8, 4) is 34.5 Å². The summed E-state index contributed by atoms with van der Waals surface area (Å²) in [5.41, 5.74) is 12.6. The predicted molar refractivity (Wildman–Crippen MR) is 323 cm³/mol. The Bertz CT molecular complexity index is 5960. The molecular weight excluding hydrogens is 965 g/mol. The lowest BCUT2D eigenvalue weighted by Crippen LogP contribution is -1.97. The van der Waals surface area contributed by atoms with Crippen molar-refractivity contribution < 1.29 is 0 Å². The summed E-state index contributed by atoms with van der Waals surface area (Å²) in [5, 5.41) is 41.6. The monoisotopic (exact) mass is 1000 g/mol. The first kappa shape index (κ1) is 42.1. The summed E-state index contributed by atoms with van der Waals surface area (Å²) < 4.78 is 6.78. The summed E-state index contributed by atoms with van der Waals surface area (Å²) in [6, 6.07) is 71.5. The number of nitrogens with zero attached hydrogens (tertiary/aromatic N) is 8. The Hall–Kier alpha value is -11.2. The van der Waals surface area contributed by atoms with Crippen molar-refractivity contribution >= 4 is 147 Å². The van der Waals surface area contributed by atoms with Gasteiger partial charge in [0, 0.05) is 100 Å². The molecular formula is C71H36N8. The van der Waals surface area contributed by atoms with Crippen LogP contribution in [0.1, 0.15) is 11.1 Å². The van der Waals surface area contributed by atoms with E-state index in [-0.39, 0.29) is 0 Å². The number of hydrogen-bond acceptors (Lipinski definition) is 5. The molecule has 0 radical (unpaired) electrons. The Labute approximate surface area is 447 Å². The quantitative estimate of drug-likeness (QED) is 0.161. The highest BCUT2D eigenvalue weighted by Gasteiger charge is 2.23. The van der Waals surface area contributed by atoms with Crippen molar-refractivity contribution in [2.24, 2.45) is 0 Å². The van der Waals surface area contributed by atoms with E-state index in [4.69, 9.17) is 15.0 Å². The first-order valence-corrected chi connectivity index (χ1v) is 26.4. The number of aromatic nitrogens is 6. The van der Waals surface area contributed by atoms with Crippen LogP contribution in [0.4, 0.5) is 0 Å². The molecule has 360 valence electrons. The number of nitriles is 2. The van der Waals surface area contributed by atoms with Gasteiger partial charge in [0.2, 0.25) is 0 Å². The maximum absolute atomic E-state index is 10.3. The molecule has 8 heteroatoms. The molecule has 79 heavy (non-hydrogen) atoms. The Morgan fingerprint density at radius 3 is 1.76 bits per heavy atom. The lowest BCUT2D eigenvalue weighted by Gasteiger charge is -2.13. The summed E-state index contributed by atoms with van der Waals surface area (Å²) in [7, 11) is 0. The van der Waals surface area contributed by atoms with Gasteiger partial charge >= 0.3 is 0 Å². The smallest absolute Gasteiger partial charge is 0.164 e. The van der Waals surface area contributed by atoms with Gasteiger partial charge in [0.25, 0.3) is 0 Å². The first-order valence-electron chi connectivity index (χ1n) is 26.4. The fourth-order valence-corrected chi connectivity index (χ4v) is 13.6.